The Labute approximate surface area is 201 Å². The molecule has 0 bridgehead atoms. The number of benzene rings is 1. The number of nitrogens with one attached hydrogen (secondary N) is 1. The summed E-state index contributed by atoms with van der Waals surface area (Å²) >= 11 is 1.96. The van der Waals surface area contributed by atoms with Crippen molar-refractivity contribution in [3.8, 4) is 11.5 Å². The lowest BCUT2D eigenvalue weighted by Gasteiger charge is -2.16. The molecule has 1 aliphatic heterocycles. The quantitative estimate of drug-likeness (QED) is 0.212. The Morgan fingerprint density at radius 2 is 2.00 bits per heavy atom. The minimum atomic E-state index is -1.13. The molecule has 3 amide bonds. The van der Waals surface area contributed by atoms with Crippen LogP contribution in [-0.2, 0) is 20.9 Å². The summed E-state index contributed by atoms with van der Waals surface area (Å²) in [6.45, 7) is 1.21. The van der Waals surface area contributed by atoms with Crippen LogP contribution in [-0.4, -0.2) is 54.2 Å². The Morgan fingerprint density at radius 1 is 1.27 bits per heavy atom. The van der Waals surface area contributed by atoms with Crippen LogP contribution in [0.15, 0.2) is 34.4 Å². The number of urea groups is 1. The highest BCUT2D eigenvalue weighted by molar-refractivity contribution is 14.1. The second kappa shape index (κ2) is 9.94. The maximum absolute atomic E-state index is 12.8. The van der Waals surface area contributed by atoms with Gasteiger partial charge in [-0.15, -0.1) is 0 Å². The zero-order valence-electron chi connectivity index (χ0n) is 17.7. The van der Waals surface area contributed by atoms with Gasteiger partial charge in [0.05, 0.1) is 24.3 Å². The van der Waals surface area contributed by atoms with Gasteiger partial charge in [0.15, 0.2) is 17.6 Å². The van der Waals surface area contributed by atoms with E-state index in [1.54, 1.807) is 12.1 Å². The summed E-state index contributed by atoms with van der Waals surface area (Å²) in [5, 5.41) is 11.6. The number of carbonyl (C=O) groups excluding carboxylic acids is 3. The van der Waals surface area contributed by atoms with Gasteiger partial charge in [0.2, 0.25) is 5.76 Å². The fourth-order valence-electron chi connectivity index (χ4n) is 2.88. The van der Waals surface area contributed by atoms with E-state index in [1.807, 2.05) is 22.6 Å². The van der Waals surface area contributed by atoms with Gasteiger partial charge >= 0.3 is 18.0 Å². The Balaban J connectivity index is 1.82. The zero-order valence-corrected chi connectivity index (χ0v) is 19.9. The molecule has 33 heavy (non-hydrogen) atoms. The van der Waals surface area contributed by atoms with Crippen LogP contribution in [0.5, 0.6) is 11.5 Å². The fraction of sp³-hybridized carbons (Fsp3) is 0.238. The second-order valence-electron chi connectivity index (χ2n) is 6.77. The summed E-state index contributed by atoms with van der Waals surface area (Å²) in [4.78, 5) is 48.6. The van der Waals surface area contributed by atoms with Gasteiger partial charge < -0.3 is 29.1 Å². The average Bonchev–Trinajstić information content (AvgIpc) is 3.35. The lowest BCUT2D eigenvalue weighted by molar-refractivity contribution is -0.144. The largest absolute Gasteiger partial charge is 0.493 e. The minimum absolute atomic E-state index is 0.0187. The van der Waals surface area contributed by atoms with Gasteiger partial charge in [0.25, 0.3) is 5.91 Å². The van der Waals surface area contributed by atoms with Gasteiger partial charge in [-0.1, -0.05) is 0 Å². The van der Waals surface area contributed by atoms with E-state index in [0.29, 0.717) is 9.13 Å². The third kappa shape index (κ3) is 5.27. The minimum Gasteiger partial charge on any atom is -0.493 e. The van der Waals surface area contributed by atoms with Crippen molar-refractivity contribution in [2.75, 3.05) is 14.2 Å². The standard InChI is InChI=1S/C21H19IN2O9/c1-10(19(26)27)32-17-13(22)6-11(8-16(17)30-2)7-14-18(25)24(21(29)23-14)9-12-4-5-15(33-12)20(28)31-3/h4-8,10H,9H2,1-3H3,(H,23,29)(H,26,27)/b14-7-/t10-/m1/s1. The number of hydrogen-bond donors (Lipinski definition) is 2. The summed E-state index contributed by atoms with van der Waals surface area (Å²) in [7, 11) is 2.61. The Bertz CT molecular complexity index is 1150. The zero-order chi connectivity index (χ0) is 24.3. The van der Waals surface area contributed by atoms with Gasteiger partial charge in [0.1, 0.15) is 11.5 Å². The first-order valence-corrected chi connectivity index (χ1v) is 10.5. The number of esters is 1. The monoisotopic (exact) mass is 570 g/mol. The topological polar surface area (TPSA) is 145 Å². The van der Waals surface area contributed by atoms with Crippen molar-refractivity contribution in [1.29, 1.82) is 0 Å². The van der Waals surface area contributed by atoms with Crippen molar-refractivity contribution in [3.05, 3.63) is 50.6 Å². The third-order valence-electron chi connectivity index (χ3n) is 4.53. The number of rotatable bonds is 8. The molecule has 0 saturated carbocycles. The summed E-state index contributed by atoms with van der Waals surface area (Å²) in [5.41, 5.74) is 0.535. The van der Waals surface area contributed by atoms with E-state index in [9.17, 15) is 19.2 Å². The van der Waals surface area contributed by atoms with Gasteiger partial charge in [-0.25, -0.2) is 14.4 Å². The smallest absolute Gasteiger partial charge is 0.373 e. The van der Waals surface area contributed by atoms with E-state index in [0.717, 1.165) is 4.90 Å². The molecule has 1 fully saturated rings. The van der Waals surface area contributed by atoms with Crippen LogP contribution in [0.2, 0.25) is 0 Å². The van der Waals surface area contributed by atoms with E-state index in [-0.39, 0.29) is 35.3 Å². The van der Waals surface area contributed by atoms with Gasteiger partial charge in [-0.3, -0.25) is 9.69 Å². The van der Waals surface area contributed by atoms with Crippen molar-refractivity contribution in [2.45, 2.75) is 19.6 Å². The van der Waals surface area contributed by atoms with Crippen LogP contribution in [0.4, 0.5) is 4.79 Å². The number of halogens is 1. The summed E-state index contributed by atoms with van der Waals surface area (Å²) < 4.78 is 21.2. The van der Waals surface area contributed by atoms with Crippen LogP contribution < -0.4 is 14.8 Å². The van der Waals surface area contributed by atoms with Crippen LogP contribution in [0.1, 0.15) is 28.8 Å². The Kier molecular flexibility index (Phi) is 7.26. The van der Waals surface area contributed by atoms with Crippen LogP contribution in [0, 0.1) is 3.57 Å². The first-order valence-electron chi connectivity index (χ1n) is 9.43. The maximum atomic E-state index is 12.8. The average molecular weight is 570 g/mol. The Morgan fingerprint density at radius 3 is 2.64 bits per heavy atom. The van der Waals surface area contributed by atoms with Crippen molar-refractivity contribution in [2.24, 2.45) is 0 Å². The summed E-state index contributed by atoms with van der Waals surface area (Å²) in [5.74, 6) is -1.70. The number of imide groups is 1. The number of carbonyl (C=O) groups is 4. The number of amides is 3. The predicted molar refractivity (Wildman–Crippen MR) is 121 cm³/mol. The van der Waals surface area contributed by atoms with Gasteiger partial charge in [0, 0.05) is 0 Å². The molecule has 1 aliphatic rings. The maximum Gasteiger partial charge on any atom is 0.373 e. The number of ether oxygens (including phenoxy) is 3. The normalized spacial score (nSPS) is 15.4. The molecule has 2 aromatic rings. The van der Waals surface area contributed by atoms with Crippen LogP contribution >= 0.6 is 22.6 Å². The number of aliphatic carboxylic acids is 1. The van der Waals surface area contributed by atoms with Crippen molar-refractivity contribution in [1.82, 2.24) is 10.2 Å². The molecule has 0 aliphatic carbocycles. The number of nitrogens with zero attached hydrogens (tertiary/aromatic N) is 1. The molecular weight excluding hydrogens is 551 g/mol. The molecule has 3 rings (SSSR count). The first-order chi connectivity index (χ1) is 15.6. The molecular formula is C21H19IN2O9. The van der Waals surface area contributed by atoms with Crippen molar-refractivity contribution in [3.63, 3.8) is 0 Å². The molecule has 11 nitrogen and oxygen atoms in total. The molecule has 174 valence electrons. The molecule has 12 heteroatoms. The molecule has 0 spiro atoms. The van der Waals surface area contributed by atoms with Gasteiger partial charge in [-0.05, 0) is 65.4 Å². The van der Waals surface area contributed by atoms with Crippen LogP contribution in [0.3, 0.4) is 0 Å². The highest BCUT2D eigenvalue weighted by Crippen LogP contribution is 2.35. The van der Waals surface area contributed by atoms with E-state index >= 15 is 0 Å². The van der Waals surface area contributed by atoms with E-state index in [1.165, 1.54) is 39.4 Å². The first kappa shape index (κ1) is 24.1. The lowest BCUT2D eigenvalue weighted by atomic mass is 10.1. The fourth-order valence-corrected chi connectivity index (χ4v) is 3.63. The number of furan rings is 1. The molecule has 1 aromatic carbocycles. The predicted octanol–water partition coefficient (Wildman–Crippen LogP) is 2.62. The van der Waals surface area contributed by atoms with Crippen molar-refractivity contribution >= 4 is 52.5 Å². The molecule has 1 aromatic heterocycles. The van der Waals surface area contributed by atoms with Crippen LogP contribution in [0.25, 0.3) is 6.08 Å². The molecule has 2 heterocycles. The Hall–Kier alpha value is -3.55. The molecule has 1 atom stereocenters. The molecule has 1 saturated heterocycles. The number of carboxylic acid groups (broad SMARTS) is 1. The molecule has 2 N–H and O–H groups in total. The summed E-state index contributed by atoms with van der Waals surface area (Å²) in [6, 6.07) is 5.41. The second-order valence-corrected chi connectivity index (χ2v) is 7.93. The van der Waals surface area contributed by atoms with E-state index < -0.39 is 30.0 Å². The highest BCUT2D eigenvalue weighted by atomic mass is 127. The highest BCUT2D eigenvalue weighted by Gasteiger charge is 2.34. The third-order valence-corrected chi connectivity index (χ3v) is 5.33. The van der Waals surface area contributed by atoms with Crippen molar-refractivity contribution < 1.29 is 42.9 Å². The van der Waals surface area contributed by atoms with E-state index in [4.69, 9.17) is 19.0 Å². The van der Waals surface area contributed by atoms with E-state index in [2.05, 4.69) is 10.1 Å². The summed E-state index contributed by atoms with van der Waals surface area (Å²) in [6.07, 6.45) is 0.360. The number of hydrogen-bond acceptors (Lipinski definition) is 8. The molecule has 0 unspecified atom stereocenters. The number of carboxylic acids is 1. The van der Waals surface area contributed by atoms with Gasteiger partial charge in [-0.2, -0.15) is 0 Å². The SMILES string of the molecule is COC(=O)c1ccc(CN2C(=O)N/C(=C\c3cc(I)c(O[C@H](C)C(=O)O)c(OC)c3)C2=O)o1. The molecule has 0 radical (unpaired) electrons. The lowest BCUT2D eigenvalue weighted by Crippen LogP contribution is -2.30. The number of methoxy groups -OCH3 is 2.